The van der Waals surface area contributed by atoms with Gasteiger partial charge in [0.1, 0.15) is 5.82 Å². The first-order valence-electron chi connectivity index (χ1n) is 6.15. The average molecular weight is 357 g/mol. The highest BCUT2D eigenvalue weighted by Gasteiger charge is 2.17. The molecule has 2 aromatic carbocycles. The molecule has 22 heavy (non-hydrogen) atoms. The van der Waals surface area contributed by atoms with Crippen molar-refractivity contribution in [3.63, 3.8) is 0 Å². The molecule has 2 rings (SSSR count). The fraction of sp³-hybridized carbons (Fsp3) is 0.0667. The number of thioether (sulfide) groups is 1. The molecule has 0 atom stereocenters. The van der Waals surface area contributed by atoms with Gasteiger partial charge < -0.3 is 5.32 Å². The van der Waals surface area contributed by atoms with Gasteiger partial charge in [-0.3, -0.25) is 4.79 Å². The first kappa shape index (κ1) is 16.8. The Bertz CT molecular complexity index is 700. The lowest BCUT2D eigenvalue weighted by molar-refractivity contribution is 0.0974. The number of benzene rings is 2. The molecule has 0 unspecified atom stereocenters. The van der Waals surface area contributed by atoms with E-state index in [4.69, 9.17) is 23.2 Å². The molecule has 2 aromatic rings. The predicted molar refractivity (Wildman–Crippen MR) is 90.9 cm³/mol. The van der Waals surface area contributed by atoms with Crippen molar-refractivity contribution < 1.29 is 9.18 Å². The molecule has 0 saturated carbocycles. The first-order valence-corrected chi connectivity index (χ1v) is 8.13. The highest BCUT2D eigenvalue weighted by Crippen LogP contribution is 2.20. The van der Waals surface area contributed by atoms with E-state index in [1.54, 1.807) is 30.5 Å². The van der Waals surface area contributed by atoms with E-state index >= 15 is 0 Å². The van der Waals surface area contributed by atoms with Crippen molar-refractivity contribution >= 4 is 51.7 Å². The molecular weight excluding hydrogens is 346 g/mol. The number of amidine groups is 1. The maximum atomic E-state index is 13.7. The quantitative estimate of drug-likeness (QED) is 0.613. The molecule has 0 radical (unpaired) electrons. The Balaban J connectivity index is 2.23. The Labute approximate surface area is 141 Å². The van der Waals surface area contributed by atoms with Gasteiger partial charge in [0.25, 0.3) is 5.91 Å². The Morgan fingerprint density at radius 2 is 1.86 bits per heavy atom. The van der Waals surface area contributed by atoms with Crippen LogP contribution in [0.2, 0.25) is 10.0 Å². The van der Waals surface area contributed by atoms with E-state index in [-0.39, 0.29) is 10.6 Å². The lowest BCUT2D eigenvalue weighted by Crippen LogP contribution is -2.29. The summed E-state index contributed by atoms with van der Waals surface area (Å²) in [6, 6.07) is 10.9. The Morgan fingerprint density at radius 1 is 1.18 bits per heavy atom. The van der Waals surface area contributed by atoms with Gasteiger partial charge in [-0.2, -0.15) is 0 Å². The number of nitrogens with one attached hydrogen (secondary N) is 1. The van der Waals surface area contributed by atoms with Crippen LogP contribution in [-0.4, -0.2) is 17.3 Å². The van der Waals surface area contributed by atoms with E-state index in [2.05, 4.69) is 10.3 Å². The minimum Gasteiger partial charge on any atom is -0.301 e. The van der Waals surface area contributed by atoms with Gasteiger partial charge in [0.15, 0.2) is 5.17 Å². The van der Waals surface area contributed by atoms with Crippen LogP contribution in [-0.2, 0) is 0 Å². The largest absolute Gasteiger partial charge is 0.301 e. The Kier molecular flexibility index (Phi) is 5.83. The van der Waals surface area contributed by atoms with E-state index in [1.807, 2.05) is 0 Å². The van der Waals surface area contributed by atoms with Crippen LogP contribution in [0, 0.1) is 5.82 Å². The van der Waals surface area contributed by atoms with Gasteiger partial charge in [-0.1, -0.05) is 41.0 Å². The van der Waals surface area contributed by atoms with E-state index in [1.165, 1.54) is 30.0 Å². The molecular formula is C15H11Cl2FN2OS. The van der Waals surface area contributed by atoms with Crippen molar-refractivity contribution in [2.45, 2.75) is 0 Å². The molecule has 114 valence electrons. The van der Waals surface area contributed by atoms with Crippen LogP contribution < -0.4 is 5.32 Å². The zero-order valence-corrected chi connectivity index (χ0v) is 13.8. The third-order valence-corrected chi connectivity index (χ3v) is 3.81. The zero-order valence-electron chi connectivity index (χ0n) is 11.4. The maximum absolute atomic E-state index is 13.7. The molecule has 7 heteroatoms. The van der Waals surface area contributed by atoms with Gasteiger partial charge in [-0.05, 0) is 42.7 Å². The summed E-state index contributed by atoms with van der Waals surface area (Å²) in [4.78, 5) is 16.4. The summed E-state index contributed by atoms with van der Waals surface area (Å²) >= 11 is 12.9. The molecule has 0 bridgehead atoms. The van der Waals surface area contributed by atoms with Crippen molar-refractivity contribution in [1.29, 1.82) is 0 Å². The van der Waals surface area contributed by atoms with Crippen LogP contribution in [0.1, 0.15) is 10.4 Å². The zero-order chi connectivity index (χ0) is 16.1. The Hall–Kier alpha value is -1.56. The second-order valence-corrected chi connectivity index (χ2v) is 5.79. The Morgan fingerprint density at radius 3 is 2.45 bits per heavy atom. The third-order valence-electron chi connectivity index (χ3n) is 2.66. The summed E-state index contributed by atoms with van der Waals surface area (Å²) in [5, 5.41) is 3.51. The van der Waals surface area contributed by atoms with Gasteiger partial charge in [-0.25, -0.2) is 9.38 Å². The highest BCUT2D eigenvalue weighted by atomic mass is 35.5. The molecule has 0 heterocycles. The van der Waals surface area contributed by atoms with Crippen molar-refractivity contribution in [2.75, 3.05) is 6.26 Å². The molecule has 0 fully saturated rings. The molecule has 0 saturated heterocycles. The maximum Gasteiger partial charge on any atom is 0.261 e. The smallest absolute Gasteiger partial charge is 0.261 e. The molecule has 3 nitrogen and oxygen atoms in total. The molecule has 1 N–H and O–H groups in total. The number of rotatable bonds is 2. The summed E-state index contributed by atoms with van der Waals surface area (Å²) < 4.78 is 13.7. The SMILES string of the molecule is CSC(=Nc1ccc(Cl)cc1)NC(=O)c1c(F)cccc1Cl. The monoisotopic (exact) mass is 356 g/mol. The number of amides is 1. The summed E-state index contributed by atoms with van der Waals surface area (Å²) in [5.41, 5.74) is 0.413. The number of aliphatic imine (C=N–C) groups is 1. The van der Waals surface area contributed by atoms with E-state index in [0.29, 0.717) is 15.9 Å². The number of hydrogen-bond acceptors (Lipinski definition) is 3. The van der Waals surface area contributed by atoms with Crippen molar-refractivity contribution in [3.05, 3.63) is 63.9 Å². The normalized spacial score (nSPS) is 11.4. The second-order valence-electron chi connectivity index (χ2n) is 4.15. The summed E-state index contributed by atoms with van der Waals surface area (Å²) in [6.07, 6.45) is 1.75. The van der Waals surface area contributed by atoms with E-state index < -0.39 is 11.7 Å². The highest BCUT2D eigenvalue weighted by molar-refractivity contribution is 8.13. The van der Waals surface area contributed by atoms with Crippen molar-refractivity contribution in [3.8, 4) is 0 Å². The minimum absolute atomic E-state index is 0.0458. The standard InChI is InChI=1S/C15H11Cl2FN2OS/c1-22-15(19-10-7-5-9(16)6-8-10)20-14(21)13-11(17)3-2-4-12(13)18/h2-8H,1H3,(H,19,20,21). The fourth-order valence-corrected chi connectivity index (χ4v) is 2.40. The second kappa shape index (κ2) is 7.63. The predicted octanol–water partition coefficient (Wildman–Crippen LogP) is 4.91. The van der Waals surface area contributed by atoms with Gasteiger partial charge in [0.2, 0.25) is 0 Å². The average Bonchev–Trinajstić information content (AvgIpc) is 2.48. The van der Waals surface area contributed by atoms with Crippen LogP contribution in [0.3, 0.4) is 0 Å². The summed E-state index contributed by atoms with van der Waals surface area (Å²) in [6.45, 7) is 0. The van der Waals surface area contributed by atoms with Crippen molar-refractivity contribution in [2.24, 2.45) is 4.99 Å². The van der Waals surface area contributed by atoms with Gasteiger partial charge in [0.05, 0.1) is 16.3 Å². The molecule has 0 aromatic heterocycles. The molecule has 0 aliphatic rings. The lowest BCUT2D eigenvalue weighted by Gasteiger charge is -2.08. The number of carbonyl (C=O) groups excluding carboxylic acids is 1. The van der Waals surface area contributed by atoms with Gasteiger partial charge in [-0.15, -0.1) is 0 Å². The number of carbonyl (C=O) groups is 1. The van der Waals surface area contributed by atoms with Crippen molar-refractivity contribution in [1.82, 2.24) is 5.32 Å². The van der Waals surface area contributed by atoms with Crippen LogP contribution in [0.15, 0.2) is 47.5 Å². The molecule has 0 spiro atoms. The third kappa shape index (κ3) is 4.22. The molecule has 1 amide bonds. The van der Waals surface area contributed by atoms with Crippen LogP contribution in [0.4, 0.5) is 10.1 Å². The van der Waals surface area contributed by atoms with Gasteiger partial charge in [0, 0.05) is 5.02 Å². The molecule has 0 aliphatic heterocycles. The first-order chi connectivity index (χ1) is 10.5. The topological polar surface area (TPSA) is 41.5 Å². The summed E-state index contributed by atoms with van der Waals surface area (Å²) in [5.74, 6) is -1.33. The van der Waals surface area contributed by atoms with E-state index in [9.17, 15) is 9.18 Å². The minimum atomic E-state index is -0.683. The van der Waals surface area contributed by atoms with Crippen LogP contribution in [0.5, 0.6) is 0 Å². The van der Waals surface area contributed by atoms with E-state index in [0.717, 1.165) is 0 Å². The molecule has 0 aliphatic carbocycles. The number of halogens is 3. The number of nitrogens with zero attached hydrogens (tertiary/aromatic N) is 1. The fourth-order valence-electron chi connectivity index (χ4n) is 1.63. The van der Waals surface area contributed by atoms with Crippen LogP contribution in [0.25, 0.3) is 0 Å². The lowest BCUT2D eigenvalue weighted by atomic mass is 10.2. The number of hydrogen-bond donors (Lipinski definition) is 1. The van der Waals surface area contributed by atoms with Crippen LogP contribution >= 0.6 is 35.0 Å². The van der Waals surface area contributed by atoms with Gasteiger partial charge >= 0.3 is 0 Å². The summed E-state index contributed by atoms with van der Waals surface area (Å²) in [7, 11) is 0.